The second-order valence-electron chi connectivity index (χ2n) is 4.25. The van der Waals surface area contributed by atoms with E-state index in [1.807, 2.05) is 30.3 Å². The van der Waals surface area contributed by atoms with Crippen LogP contribution in [-0.2, 0) is 16.1 Å². The number of Topliss-reactive ketones (excluding diaryl/α,β-unsaturated/α-hetero) is 1. The fourth-order valence-electron chi connectivity index (χ4n) is 1.70. The summed E-state index contributed by atoms with van der Waals surface area (Å²) in [5, 5.41) is 0. The normalized spacial score (nSPS) is 15.2. The molecule has 2 rings (SSSR count). The van der Waals surface area contributed by atoms with Gasteiger partial charge in [-0.05, 0) is 12.5 Å². The SMILES string of the molecule is CC(=O)C1CN(C(=O)OCc2ccccc2)C1. The highest BCUT2D eigenvalue weighted by molar-refractivity contribution is 5.82. The van der Waals surface area contributed by atoms with Gasteiger partial charge in [0.15, 0.2) is 0 Å². The van der Waals surface area contributed by atoms with Crippen molar-refractivity contribution in [3.8, 4) is 0 Å². The molecular weight excluding hydrogens is 218 g/mol. The third-order valence-corrected chi connectivity index (χ3v) is 2.92. The lowest BCUT2D eigenvalue weighted by Crippen LogP contribution is -2.52. The van der Waals surface area contributed by atoms with E-state index in [1.165, 1.54) is 0 Å². The first-order chi connectivity index (χ1) is 8.16. The van der Waals surface area contributed by atoms with Gasteiger partial charge < -0.3 is 9.64 Å². The highest BCUT2D eigenvalue weighted by Gasteiger charge is 2.34. The van der Waals surface area contributed by atoms with Crippen LogP contribution in [0.2, 0.25) is 0 Å². The molecule has 1 aliphatic rings. The van der Waals surface area contributed by atoms with Gasteiger partial charge in [-0.25, -0.2) is 4.79 Å². The van der Waals surface area contributed by atoms with E-state index in [-0.39, 0.29) is 24.4 Å². The molecule has 0 saturated carbocycles. The Kier molecular flexibility index (Phi) is 3.42. The Labute approximate surface area is 100 Å². The zero-order valence-corrected chi connectivity index (χ0v) is 9.76. The number of carbonyl (C=O) groups is 2. The fourth-order valence-corrected chi connectivity index (χ4v) is 1.70. The summed E-state index contributed by atoms with van der Waals surface area (Å²) in [5.41, 5.74) is 0.962. The summed E-state index contributed by atoms with van der Waals surface area (Å²) in [6.07, 6.45) is -0.341. The minimum atomic E-state index is -0.341. The van der Waals surface area contributed by atoms with Gasteiger partial charge in [-0.2, -0.15) is 0 Å². The number of carbonyl (C=O) groups excluding carboxylic acids is 2. The van der Waals surface area contributed by atoms with Gasteiger partial charge in [-0.3, -0.25) is 4.79 Å². The lowest BCUT2D eigenvalue weighted by atomic mass is 9.97. The number of ether oxygens (including phenoxy) is 1. The van der Waals surface area contributed by atoms with E-state index in [2.05, 4.69) is 0 Å². The van der Waals surface area contributed by atoms with E-state index >= 15 is 0 Å². The van der Waals surface area contributed by atoms with Crippen molar-refractivity contribution in [2.45, 2.75) is 13.5 Å². The predicted octanol–water partition coefficient (Wildman–Crippen LogP) is 1.84. The number of ketones is 1. The molecule has 1 saturated heterocycles. The Balaban J connectivity index is 1.74. The van der Waals surface area contributed by atoms with Gasteiger partial charge in [0.1, 0.15) is 12.4 Å². The van der Waals surface area contributed by atoms with Crippen LogP contribution in [0.25, 0.3) is 0 Å². The van der Waals surface area contributed by atoms with Crippen LogP contribution in [-0.4, -0.2) is 29.9 Å². The van der Waals surface area contributed by atoms with Crippen LogP contribution in [0.3, 0.4) is 0 Å². The standard InChI is InChI=1S/C13H15NO3/c1-10(15)12-7-14(8-12)13(16)17-9-11-5-3-2-4-6-11/h2-6,12H,7-9H2,1H3. The molecule has 1 aliphatic heterocycles. The molecular formula is C13H15NO3. The molecule has 0 aliphatic carbocycles. The average molecular weight is 233 g/mol. The lowest BCUT2D eigenvalue weighted by molar-refractivity contribution is -0.124. The molecule has 1 fully saturated rings. The monoisotopic (exact) mass is 233 g/mol. The van der Waals surface area contributed by atoms with Crippen molar-refractivity contribution in [1.29, 1.82) is 0 Å². The molecule has 4 nitrogen and oxygen atoms in total. The van der Waals surface area contributed by atoms with Crippen molar-refractivity contribution >= 4 is 11.9 Å². The first kappa shape index (κ1) is 11.6. The van der Waals surface area contributed by atoms with E-state index in [0.29, 0.717) is 13.1 Å². The van der Waals surface area contributed by atoms with Crippen molar-refractivity contribution in [1.82, 2.24) is 4.90 Å². The molecule has 1 heterocycles. The molecule has 0 N–H and O–H groups in total. The number of amides is 1. The van der Waals surface area contributed by atoms with Crippen molar-refractivity contribution in [2.24, 2.45) is 5.92 Å². The Morgan fingerprint density at radius 2 is 1.94 bits per heavy atom. The molecule has 4 heteroatoms. The molecule has 0 radical (unpaired) electrons. The Morgan fingerprint density at radius 1 is 1.29 bits per heavy atom. The maximum atomic E-state index is 11.6. The van der Waals surface area contributed by atoms with Gasteiger partial charge in [0, 0.05) is 13.1 Å². The summed E-state index contributed by atoms with van der Waals surface area (Å²) in [7, 11) is 0. The highest BCUT2D eigenvalue weighted by Crippen LogP contribution is 2.17. The first-order valence-corrected chi connectivity index (χ1v) is 5.63. The number of hydrogen-bond acceptors (Lipinski definition) is 3. The summed E-state index contributed by atoms with van der Waals surface area (Å²) in [4.78, 5) is 24.1. The number of likely N-dealkylation sites (tertiary alicyclic amines) is 1. The van der Waals surface area contributed by atoms with Crippen LogP contribution in [0, 0.1) is 5.92 Å². The Bertz CT molecular complexity index is 410. The molecule has 1 aromatic carbocycles. The topological polar surface area (TPSA) is 46.6 Å². The van der Waals surface area contributed by atoms with Crippen LogP contribution >= 0.6 is 0 Å². The van der Waals surface area contributed by atoms with E-state index in [1.54, 1.807) is 11.8 Å². The Hall–Kier alpha value is -1.84. The van der Waals surface area contributed by atoms with Gasteiger partial charge in [-0.1, -0.05) is 30.3 Å². The number of hydrogen-bond donors (Lipinski definition) is 0. The third kappa shape index (κ3) is 2.84. The summed E-state index contributed by atoms with van der Waals surface area (Å²) < 4.78 is 5.14. The van der Waals surface area contributed by atoms with Gasteiger partial charge >= 0.3 is 6.09 Å². The zero-order chi connectivity index (χ0) is 12.3. The summed E-state index contributed by atoms with van der Waals surface area (Å²) in [5.74, 6) is 0.136. The third-order valence-electron chi connectivity index (χ3n) is 2.92. The van der Waals surface area contributed by atoms with Crippen molar-refractivity contribution < 1.29 is 14.3 Å². The summed E-state index contributed by atoms with van der Waals surface area (Å²) in [6, 6.07) is 9.53. The molecule has 0 aromatic heterocycles. The molecule has 17 heavy (non-hydrogen) atoms. The predicted molar refractivity (Wildman–Crippen MR) is 62.4 cm³/mol. The number of nitrogens with zero attached hydrogens (tertiary/aromatic N) is 1. The van der Waals surface area contributed by atoms with Crippen molar-refractivity contribution in [3.05, 3.63) is 35.9 Å². The first-order valence-electron chi connectivity index (χ1n) is 5.63. The minimum absolute atomic E-state index is 0.000671. The van der Waals surface area contributed by atoms with Crippen LogP contribution in [0.5, 0.6) is 0 Å². The largest absolute Gasteiger partial charge is 0.445 e. The smallest absolute Gasteiger partial charge is 0.410 e. The zero-order valence-electron chi connectivity index (χ0n) is 9.76. The van der Waals surface area contributed by atoms with Gasteiger partial charge in [-0.15, -0.1) is 0 Å². The summed E-state index contributed by atoms with van der Waals surface area (Å²) in [6.45, 7) is 2.81. The average Bonchev–Trinajstić information content (AvgIpc) is 2.25. The van der Waals surface area contributed by atoms with Gasteiger partial charge in [0.2, 0.25) is 0 Å². The van der Waals surface area contributed by atoms with Crippen molar-refractivity contribution in [2.75, 3.05) is 13.1 Å². The quantitative estimate of drug-likeness (QED) is 0.800. The van der Waals surface area contributed by atoms with Gasteiger partial charge in [0.25, 0.3) is 0 Å². The molecule has 0 spiro atoms. The van der Waals surface area contributed by atoms with E-state index in [4.69, 9.17) is 4.74 Å². The van der Waals surface area contributed by atoms with Crippen LogP contribution < -0.4 is 0 Å². The van der Waals surface area contributed by atoms with Crippen molar-refractivity contribution in [3.63, 3.8) is 0 Å². The molecule has 0 unspecified atom stereocenters. The molecule has 1 amide bonds. The van der Waals surface area contributed by atoms with Crippen LogP contribution in [0.4, 0.5) is 4.79 Å². The minimum Gasteiger partial charge on any atom is -0.445 e. The lowest BCUT2D eigenvalue weighted by Gasteiger charge is -2.36. The van der Waals surface area contributed by atoms with E-state index < -0.39 is 0 Å². The van der Waals surface area contributed by atoms with E-state index in [9.17, 15) is 9.59 Å². The fraction of sp³-hybridized carbons (Fsp3) is 0.385. The molecule has 1 aromatic rings. The molecule has 0 bridgehead atoms. The maximum absolute atomic E-state index is 11.6. The van der Waals surface area contributed by atoms with Crippen LogP contribution in [0.15, 0.2) is 30.3 Å². The Morgan fingerprint density at radius 3 is 2.53 bits per heavy atom. The number of rotatable bonds is 3. The molecule has 0 atom stereocenters. The van der Waals surface area contributed by atoms with Gasteiger partial charge in [0.05, 0.1) is 5.92 Å². The molecule has 90 valence electrons. The maximum Gasteiger partial charge on any atom is 0.410 e. The summed E-state index contributed by atoms with van der Waals surface area (Å²) >= 11 is 0. The van der Waals surface area contributed by atoms with Crippen LogP contribution in [0.1, 0.15) is 12.5 Å². The second-order valence-corrected chi connectivity index (χ2v) is 4.25. The van der Waals surface area contributed by atoms with E-state index in [0.717, 1.165) is 5.56 Å². The second kappa shape index (κ2) is 4.99. The number of benzene rings is 1. The highest BCUT2D eigenvalue weighted by atomic mass is 16.6.